The third-order valence-corrected chi connectivity index (χ3v) is 6.05. The third-order valence-electron chi connectivity index (χ3n) is 5.12. The van der Waals surface area contributed by atoms with E-state index in [2.05, 4.69) is 25.3 Å². The first-order chi connectivity index (χ1) is 16.6. The number of rotatable bonds is 7. The summed E-state index contributed by atoms with van der Waals surface area (Å²) in [6, 6.07) is 21.0. The van der Waals surface area contributed by atoms with Crippen LogP contribution in [0, 0.1) is 17.0 Å². The summed E-state index contributed by atoms with van der Waals surface area (Å²) in [5, 5.41) is 15.8. The van der Waals surface area contributed by atoms with Crippen molar-refractivity contribution in [2.45, 2.75) is 13.5 Å². The van der Waals surface area contributed by atoms with Gasteiger partial charge in [0, 0.05) is 6.20 Å². The van der Waals surface area contributed by atoms with E-state index in [0.29, 0.717) is 17.5 Å². The summed E-state index contributed by atoms with van der Waals surface area (Å²) < 4.78 is 0.985. The quantitative estimate of drug-likeness (QED) is 0.236. The van der Waals surface area contributed by atoms with Gasteiger partial charge in [0.05, 0.1) is 21.7 Å². The Morgan fingerprint density at radius 2 is 1.85 bits per heavy atom. The first-order valence-corrected chi connectivity index (χ1v) is 11.3. The normalized spacial score (nSPS) is 10.9. The van der Waals surface area contributed by atoms with Crippen LogP contribution in [0.1, 0.15) is 11.1 Å². The molecule has 0 atom stereocenters. The second kappa shape index (κ2) is 9.20. The molecule has 0 amide bonds. The molecule has 0 saturated carbocycles. The van der Waals surface area contributed by atoms with Crippen molar-refractivity contribution in [3.05, 3.63) is 100 Å². The van der Waals surface area contributed by atoms with Crippen molar-refractivity contribution in [3.63, 3.8) is 0 Å². The molecule has 0 aliphatic carbocycles. The van der Waals surface area contributed by atoms with Crippen molar-refractivity contribution < 1.29 is 4.92 Å². The number of nitro groups is 1. The zero-order valence-corrected chi connectivity index (χ0v) is 18.9. The first-order valence-electron chi connectivity index (χ1n) is 10.4. The van der Waals surface area contributed by atoms with Gasteiger partial charge < -0.3 is 10.2 Å². The number of aryl methyl sites for hydroxylation is 1. The lowest BCUT2D eigenvalue weighted by Gasteiger charge is -2.23. The van der Waals surface area contributed by atoms with Gasteiger partial charge in [0.15, 0.2) is 5.13 Å². The molecule has 34 heavy (non-hydrogen) atoms. The topological polar surface area (TPSA) is 110 Å². The molecule has 0 saturated heterocycles. The molecule has 0 bridgehead atoms. The molecule has 0 aliphatic rings. The molecule has 0 spiro atoms. The average molecular weight is 470 g/mol. The van der Waals surface area contributed by atoms with Crippen molar-refractivity contribution in [2.75, 3.05) is 10.2 Å². The highest BCUT2D eigenvalue weighted by Gasteiger charge is 2.29. The van der Waals surface area contributed by atoms with E-state index in [1.165, 1.54) is 17.7 Å². The van der Waals surface area contributed by atoms with Crippen molar-refractivity contribution in [3.8, 4) is 0 Å². The van der Waals surface area contributed by atoms with Gasteiger partial charge in [-0.05, 0) is 42.3 Å². The number of pyridine rings is 1. The van der Waals surface area contributed by atoms with Gasteiger partial charge in [0.2, 0.25) is 11.6 Å². The van der Waals surface area contributed by atoms with Crippen molar-refractivity contribution in [2.24, 2.45) is 0 Å². The van der Waals surface area contributed by atoms with Gasteiger partial charge in [-0.2, -0.15) is 0 Å². The molecule has 0 radical (unpaired) electrons. The highest BCUT2D eigenvalue weighted by atomic mass is 32.1. The van der Waals surface area contributed by atoms with E-state index in [1.54, 1.807) is 23.2 Å². The second-order valence-corrected chi connectivity index (χ2v) is 8.56. The number of aromatic nitrogens is 4. The van der Waals surface area contributed by atoms with Gasteiger partial charge in [-0.15, -0.1) is 0 Å². The van der Waals surface area contributed by atoms with Crippen LogP contribution in [0.4, 0.5) is 28.3 Å². The number of anilines is 4. The van der Waals surface area contributed by atoms with Crippen LogP contribution in [0.15, 0.2) is 79.3 Å². The molecular formula is C24H19N7O2S. The number of fused-ring (bicyclic) bond motifs is 1. The summed E-state index contributed by atoms with van der Waals surface area (Å²) in [5.74, 6) is 0.747. The van der Waals surface area contributed by atoms with E-state index in [0.717, 1.165) is 21.3 Å². The maximum atomic E-state index is 12.3. The Labute approximate surface area is 198 Å². The molecular weight excluding hydrogens is 450 g/mol. The molecule has 3 heterocycles. The third kappa shape index (κ3) is 4.39. The molecule has 5 aromatic rings. The van der Waals surface area contributed by atoms with Gasteiger partial charge in [-0.25, -0.2) is 19.9 Å². The lowest BCUT2D eigenvalue weighted by molar-refractivity contribution is -0.383. The van der Waals surface area contributed by atoms with E-state index in [9.17, 15) is 10.1 Å². The zero-order chi connectivity index (χ0) is 23.5. The molecule has 1 N–H and O–H groups in total. The lowest BCUT2D eigenvalue weighted by Crippen LogP contribution is -2.21. The Hall–Kier alpha value is -4.44. The minimum Gasteiger partial charge on any atom is -0.310 e. The smallest absolute Gasteiger partial charge is 0.310 e. The fraction of sp³-hybridized carbons (Fsp3) is 0.0833. The van der Waals surface area contributed by atoms with E-state index >= 15 is 0 Å². The zero-order valence-electron chi connectivity index (χ0n) is 18.1. The standard InChI is InChI=1S/C24H19N7O2S/c1-16-10-11-18-19(13-16)34-24(28-18)29-22-21(31(32)33)23(27-15-26-22)30(20-9-5-6-12-25-20)14-17-7-3-2-4-8-17/h2-13,15H,14H2,1H3,(H,26,27,28,29). The van der Waals surface area contributed by atoms with E-state index < -0.39 is 4.92 Å². The van der Waals surface area contributed by atoms with Crippen LogP contribution < -0.4 is 10.2 Å². The number of nitrogens with one attached hydrogen (secondary N) is 1. The Kier molecular flexibility index (Phi) is 5.79. The maximum absolute atomic E-state index is 12.3. The molecule has 9 nitrogen and oxygen atoms in total. The van der Waals surface area contributed by atoms with Crippen LogP contribution in [0.3, 0.4) is 0 Å². The van der Waals surface area contributed by atoms with Gasteiger partial charge in [-0.3, -0.25) is 10.1 Å². The number of thiazole rings is 1. The fourth-order valence-electron chi connectivity index (χ4n) is 3.56. The summed E-state index contributed by atoms with van der Waals surface area (Å²) in [5.41, 5.74) is 2.63. The molecule has 168 valence electrons. The lowest BCUT2D eigenvalue weighted by atomic mass is 10.2. The van der Waals surface area contributed by atoms with Crippen LogP contribution in [0.5, 0.6) is 0 Å². The van der Waals surface area contributed by atoms with E-state index in [-0.39, 0.29) is 17.3 Å². The molecule has 3 aromatic heterocycles. The largest absolute Gasteiger partial charge is 0.354 e. The number of hydrogen-bond donors (Lipinski definition) is 1. The first kappa shape index (κ1) is 21.4. The summed E-state index contributed by atoms with van der Waals surface area (Å²) in [6.07, 6.45) is 2.95. The van der Waals surface area contributed by atoms with Crippen LogP contribution in [-0.2, 0) is 6.54 Å². The minimum absolute atomic E-state index is 0.0692. The molecule has 5 rings (SSSR count). The highest BCUT2D eigenvalue weighted by Crippen LogP contribution is 2.38. The molecule has 2 aromatic carbocycles. The number of hydrogen-bond acceptors (Lipinski definition) is 9. The SMILES string of the molecule is Cc1ccc2nc(Nc3ncnc(N(Cc4ccccc4)c4ccccn4)c3[N+](=O)[O-])sc2c1. The summed E-state index contributed by atoms with van der Waals surface area (Å²) in [7, 11) is 0. The second-order valence-electron chi connectivity index (χ2n) is 7.53. The van der Waals surface area contributed by atoms with Gasteiger partial charge in [-0.1, -0.05) is 53.8 Å². The van der Waals surface area contributed by atoms with Crippen LogP contribution >= 0.6 is 11.3 Å². The highest BCUT2D eigenvalue weighted by molar-refractivity contribution is 7.22. The predicted octanol–water partition coefficient (Wildman–Crippen LogP) is 5.78. The Morgan fingerprint density at radius 1 is 1.03 bits per heavy atom. The minimum atomic E-state index is -0.476. The van der Waals surface area contributed by atoms with Crippen LogP contribution in [0.2, 0.25) is 0 Å². The Balaban J connectivity index is 1.59. The maximum Gasteiger partial charge on any atom is 0.354 e. The van der Waals surface area contributed by atoms with Gasteiger partial charge >= 0.3 is 5.69 Å². The average Bonchev–Trinajstić information content (AvgIpc) is 3.24. The molecule has 0 aliphatic heterocycles. The molecule has 10 heteroatoms. The van der Waals surface area contributed by atoms with E-state index in [1.807, 2.05) is 61.5 Å². The summed E-state index contributed by atoms with van der Waals surface area (Å²) >= 11 is 1.41. The monoisotopic (exact) mass is 469 g/mol. The van der Waals surface area contributed by atoms with Crippen LogP contribution in [-0.4, -0.2) is 24.9 Å². The van der Waals surface area contributed by atoms with Gasteiger partial charge in [0.1, 0.15) is 12.1 Å². The molecule has 0 fully saturated rings. The summed E-state index contributed by atoms with van der Waals surface area (Å²) in [6.45, 7) is 2.35. The van der Waals surface area contributed by atoms with Crippen LogP contribution in [0.25, 0.3) is 10.2 Å². The Morgan fingerprint density at radius 3 is 2.62 bits per heavy atom. The molecule has 0 unspecified atom stereocenters. The fourth-order valence-corrected chi connectivity index (χ4v) is 4.52. The Bertz CT molecular complexity index is 1460. The van der Waals surface area contributed by atoms with Crippen molar-refractivity contribution >= 4 is 49.8 Å². The van der Waals surface area contributed by atoms with Crippen molar-refractivity contribution in [1.29, 1.82) is 0 Å². The number of benzene rings is 2. The van der Waals surface area contributed by atoms with E-state index in [4.69, 9.17) is 0 Å². The van der Waals surface area contributed by atoms with Gasteiger partial charge in [0.25, 0.3) is 0 Å². The number of nitrogens with zero attached hydrogens (tertiary/aromatic N) is 6. The predicted molar refractivity (Wildman–Crippen MR) is 133 cm³/mol. The summed E-state index contributed by atoms with van der Waals surface area (Å²) in [4.78, 5) is 30.9. The van der Waals surface area contributed by atoms with Crippen molar-refractivity contribution in [1.82, 2.24) is 19.9 Å².